The van der Waals surface area contributed by atoms with Crippen molar-refractivity contribution < 1.29 is 14.3 Å². The molecule has 4 heteroatoms. The van der Waals surface area contributed by atoms with Crippen molar-refractivity contribution in [3.63, 3.8) is 0 Å². The average Bonchev–Trinajstić information content (AvgIpc) is 2.34. The van der Waals surface area contributed by atoms with Gasteiger partial charge in [0.1, 0.15) is 5.82 Å². The third-order valence-corrected chi connectivity index (χ3v) is 2.47. The van der Waals surface area contributed by atoms with E-state index in [-0.39, 0.29) is 0 Å². The van der Waals surface area contributed by atoms with Crippen LogP contribution in [0.15, 0.2) is 36.9 Å². The van der Waals surface area contributed by atoms with Gasteiger partial charge >= 0.3 is 5.97 Å². The van der Waals surface area contributed by atoms with Crippen LogP contribution in [-0.4, -0.2) is 24.2 Å². The van der Waals surface area contributed by atoms with Crippen molar-refractivity contribution in [2.75, 3.05) is 18.0 Å². The topological polar surface area (TPSA) is 40.5 Å². The predicted octanol–water partition coefficient (Wildman–Crippen LogP) is 2.94. The summed E-state index contributed by atoms with van der Waals surface area (Å²) in [6.07, 6.45) is 4.14. The summed E-state index contributed by atoms with van der Waals surface area (Å²) < 4.78 is 13.2. The van der Waals surface area contributed by atoms with Crippen LogP contribution in [0.2, 0.25) is 0 Å². The fraction of sp³-hybridized carbons (Fsp3) is 0.214. The summed E-state index contributed by atoms with van der Waals surface area (Å²) in [7, 11) is 0. The second-order valence-corrected chi connectivity index (χ2v) is 3.70. The zero-order chi connectivity index (χ0) is 13.5. The maximum Gasteiger partial charge on any atom is 0.328 e. The van der Waals surface area contributed by atoms with Gasteiger partial charge in [0.25, 0.3) is 0 Å². The van der Waals surface area contributed by atoms with Gasteiger partial charge in [0.15, 0.2) is 0 Å². The van der Waals surface area contributed by atoms with Crippen molar-refractivity contribution >= 4 is 17.7 Å². The van der Waals surface area contributed by atoms with Gasteiger partial charge in [-0.25, -0.2) is 9.18 Å². The number of carbonyl (C=O) groups is 1. The molecule has 1 rings (SSSR count). The van der Waals surface area contributed by atoms with E-state index in [9.17, 15) is 9.18 Å². The SMILES string of the molecule is C=CCN(CC)c1ccc(F)cc1/C=C/C(=O)O. The Labute approximate surface area is 106 Å². The smallest absolute Gasteiger partial charge is 0.328 e. The number of likely N-dealkylation sites (N-methyl/N-ethyl adjacent to an activating group) is 1. The highest BCUT2D eigenvalue weighted by molar-refractivity contribution is 5.87. The summed E-state index contributed by atoms with van der Waals surface area (Å²) in [4.78, 5) is 12.5. The number of carboxylic acids is 1. The monoisotopic (exact) mass is 249 g/mol. The van der Waals surface area contributed by atoms with Crippen LogP contribution in [0.3, 0.4) is 0 Å². The number of halogens is 1. The lowest BCUT2D eigenvalue weighted by molar-refractivity contribution is -0.131. The lowest BCUT2D eigenvalue weighted by atomic mass is 10.1. The number of rotatable bonds is 6. The summed E-state index contributed by atoms with van der Waals surface area (Å²) in [5.74, 6) is -1.45. The Bertz CT molecular complexity index is 469. The molecule has 0 heterocycles. The van der Waals surface area contributed by atoms with Gasteiger partial charge in [-0.2, -0.15) is 0 Å². The van der Waals surface area contributed by atoms with Crippen LogP contribution < -0.4 is 4.90 Å². The Hall–Kier alpha value is -2.10. The summed E-state index contributed by atoms with van der Waals surface area (Å²) in [5, 5.41) is 8.62. The highest BCUT2D eigenvalue weighted by Gasteiger charge is 2.08. The number of hydrogen-bond acceptors (Lipinski definition) is 2. The van der Waals surface area contributed by atoms with Crippen LogP contribution in [0.1, 0.15) is 12.5 Å². The van der Waals surface area contributed by atoms with E-state index in [4.69, 9.17) is 5.11 Å². The molecule has 3 nitrogen and oxygen atoms in total. The molecule has 0 bridgehead atoms. The van der Waals surface area contributed by atoms with Gasteiger partial charge in [0.05, 0.1) is 0 Å². The molecule has 0 aliphatic rings. The first-order chi connectivity index (χ1) is 8.58. The second kappa shape index (κ2) is 6.59. The summed E-state index contributed by atoms with van der Waals surface area (Å²) >= 11 is 0. The Morgan fingerprint density at radius 1 is 1.56 bits per heavy atom. The number of nitrogens with zero attached hydrogens (tertiary/aromatic N) is 1. The van der Waals surface area contributed by atoms with E-state index in [0.29, 0.717) is 12.1 Å². The Kier molecular flexibility index (Phi) is 5.11. The molecule has 1 aromatic carbocycles. The van der Waals surface area contributed by atoms with E-state index in [0.717, 1.165) is 18.3 Å². The van der Waals surface area contributed by atoms with Crippen molar-refractivity contribution in [3.05, 3.63) is 48.3 Å². The van der Waals surface area contributed by atoms with Crippen LogP contribution in [0.5, 0.6) is 0 Å². The molecule has 96 valence electrons. The first kappa shape index (κ1) is 14.0. The van der Waals surface area contributed by atoms with E-state index < -0.39 is 11.8 Å². The van der Waals surface area contributed by atoms with Gasteiger partial charge in [-0.15, -0.1) is 6.58 Å². The molecule has 0 fully saturated rings. The van der Waals surface area contributed by atoms with E-state index >= 15 is 0 Å². The molecule has 0 aliphatic heterocycles. The second-order valence-electron chi connectivity index (χ2n) is 3.70. The summed E-state index contributed by atoms with van der Waals surface area (Å²) in [6.45, 7) is 6.99. The molecule has 0 radical (unpaired) electrons. The predicted molar refractivity (Wildman–Crippen MR) is 71.2 cm³/mol. The minimum absolute atomic E-state index is 0.390. The zero-order valence-electron chi connectivity index (χ0n) is 10.3. The first-order valence-electron chi connectivity index (χ1n) is 5.65. The van der Waals surface area contributed by atoms with Gasteiger partial charge in [0, 0.05) is 30.4 Å². The quantitative estimate of drug-likeness (QED) is 0.622. The first-order valence-corrected chi connectivity index (χ1v) is 5.65. The lowest BCUT2D eigenvalue weighted by Gasteiger charge is -2.23. The van der Waals surface area contributed by atoms with Crippen LogP contribution in [0.4, 0.5) is 10.1 Å². The van der Waals surface area contributed by atoms with Gasteiger partial charge in [0.2, 0.25) is 0 Å². The molecule has 0 amide bonds. The van der Waals surface area contributed by atoms with Gasteiger partial charge in [-0.1, -0.05) is 6.08 Å². The molecular weight excluding hydrogens is 233 g/mol. The maximum atomic E-state index is 13.2. The molecular formula is C14H16FNO2. The van der Waals surface area contributed by atoms with Crippen molar-refractivity contribution in [2.45, 2.75) is 6.92 Å². The Balaban J connectivity index is 3.16. The Morgan fingerprint density at radius 2 is 2.28 bits per heavy atom. The van der Waals surface area contributed by atoms with E-state index in [1.54, 1.807) is 12.1 Å². The minimum Gasteiger partial charge on any atom is -0.478 e. The van der Waals surface area contributed by atoms with E-state index in [1.807, 2.05) is 11.8 Å². The number of benzene rings is 1. The third kappa shape index (κ3) is 3.73. The van der Waals surface area contributed by atoms with Gasteiger partial charge in [-0.05, 0) is 31.2 Å². The number of carboxylic acid groups (broad SMARTS) is 1. The molecule has 0 unspecified atom stereocenters. The molecule has 18 heavy (non-hydrogen) atoms. The molecule has 0 spiro atoms. The average molecular weight is 249 g/mol. The lowest BCUT2D eigenvalue weighted by Crippen LogP contribution is -2.23. The molecule has 0 saturated heterocycles. The normalized spacial score (nSPS) is 10.6. The number of aliphatic carboxylic acids is 1. The van der Waals surface area contributed by atoms with Gasteiger partial charge < -0.3 is 10.0 Å². The molecule has 0 aromatic heterocycles. The molecule has 0 aliphatic carbocycles. The molecule has 1 aromatic rings. The maximum absolute atomic E-state index is 13.2. The van der Waals surface area contributed by atoms with Crippen molar-refractivity contribution in [1.82, 2.24) is 0 Å². The van der Waals surface area contributed by atoms with Crippen LogP contribution in [-0.2, 0) is 4.79 Å². The summed E-state index contributed by atoms with van der Waals surface area (Å²) in [6, 6.07) is 4.32. The van der Waals surface area contributed by atoms with Crippen molar-refractivity contribution in [3.8, 4) is 0 Å². The van der Waals surface area contributed by atoms with Crippen molar-refractivity contribution in [1.29, 1.82) is 0 Å². The van der Waals surface area contributed by atoms with E-state index in [1.165, 1.54) is 18.2 Å². The summed E-state index contributed by atoms with van der Waals surface area (Å²) in [5.41, 5.74) is 1.33. The molecule has 0 atom stereocenters. The standard InChI is InChI=1S/C14H16FNO2/c1-3-9-16(4-2)13-7-6-12(15)10-11(13)5-8-14(17)18/h3,5-8,10H,1,4,9H2,2H3,(H,17,18)/b8-5+. The molecule has 0 saturated carbocycles. The number of hydrogen-bond donors (Lipinski definition) is 1. The number of anilines is 1. The van der Waals surface area contributed by atoms with Crippen LogP contribution in [0, 0.1) is 5.82 Å². The molecule has 1 N–H and O–H groups in total. The Morgan fingerprint density at radius 3 is 2.83 bits per heavy atom. The highest BCUT2D eigenvalue weighted by Crippen LogP contribution is 2.23. The highest BCUT2D eigenvalue weighted by atomic mass is 19.1. The minimum atomic E-state index is -1.06. The fourth-order valence-electron chi connectivity index (χ4n) is 1.66. The van der Waals surface area contributed by atoms with E-state index in [2.05, 4.69) is 6.58 Å². The van der Waals surface area contributed by atoms with Crippen molar-refractivity contribution in [2.24, 2.45) is 0 Å². The largest absolute Gasteiger partial charge is 0.478 e. The van der Waals surface area contributed by atoms with Crippen LogP contribution >= 0.6 is 0 Å². The fourth-order valence-corrected chi connectivity index (χ4v) is 1.66. The van der Waals surface area contributed by atoms with Gasteiger partial charge in [-0.3, -0.25) is 0 Å². The third-order valence-electron chi connectivity index (χ3n) is 2.47. The van der Waals surface area contributed by atoms with Crippen LogP contribution in [0.25, 0.3) is 6.08 Å². The zero-order valence-corrected chi connectivity index (χ0v) is 10.3.